The summed E-state index contributed by atoms with van der Waals surface area (Å²) in [5.74, 6) is -1.33. The van der Waals surface area contributed by atoms with Crippen LogP contribution in [0.5, 0.6) is 0 Å². The molecular formula is C24H42N7O8P. The van der Waals surface area contributed by atoms with Crippen LogP contribution in [-0.2, 0) is 39.6 Å². The summed E-state index contributed by atoms with van der Waals surface area (Å²) in [5.41, 5.74) is 4.95. The van der Waals surface area contributed by atoms with E-state index in [9.17, 15) is 18.9 Å². The fraction of sp³-hybridized carbons (Fsp3) is 0.708. The first-order valence-corrected chi connectivity index (χ1v) is 14.4. The Kier molecular flexibility index (Phi) is 11.4. The van der Waals surface area contributed by atoms with Crippen molar-refractivity contribution in [2.75, 3.05) is 32.2 Å². The number of fused-ring (bicyclic) bond motifs is 1. The first-order chi connectivity index (χ1) is 18.4. The van der Waals surface area contributed by atoms with Crippen LogP contribution in [-0.4, -0.2) is 70.0 Å². The number of rotatable bonds is 14. The normalized spacial score (nSPS) is 14.2. The number of aromatic amines is 1. The van der Waals surface area contributed by atoms with Crippen molar-refractivity contribution >= 4 is 36.7 Å². The summed E-state index contributed by atoms with van der Waals surface area (Å²) in [6.07, 6.45) is 1.37. The van der Waals surface area contributed by atoms with E-state index in [-0.39, 0.29) is 61.1 Å². The topological polar surface area (TPSA) is 202 Å². The van der Waals surface area contributed by atoms with Crippen LogP contribution in [0.25, 0.3) is 11.2 Å². The minimum atomic E-state index is -4.00. The van der Waals surface area contributed by atoms with Crippen LogP contribution >= 0.6 is 7.67 Å². The lowest BCUT2D eigenvalue weighted by molar-refractivity contribution is -0.148. The Bertz CT molecular complexity index is 1220. The van der Waals surface area contributed by atoms with Crippen molar-refractivity contribution in [3.8, 4) is 0 Å². The van der Waals surface area contributed by atoms with Crippen LogP contribution in [0.2, 0.25) is 0 Å². The molecule has 16 heteroatoms. The lowest BCUT2D eigenvalue weighted by Gasteiger charge is -2.27. The predicted octanol–water partition coefficient (Wildman–Crippen LogP) is 1.94. The minimum Gasteiger partial charge on any atom is -0.464 e. The zero-order chi connectivity index (χ0) is 30.3. The van der Waals surface area contributed by atoms with Crippen molar-refractivity contribution in [1.29, 1.82) is 0 Å². The maximum absolute atomic E-state index is 13.7. The summed E-state index contributed by atoms with van der Waals surface area (Å²) in [6.45, 7) is 14.5. The number of carbonyl (C=O) groups excluding carboxylic acids is 2. The van der Waals surface area contributed by atoms with Gasteiger partial charge < -0.3 is 24.5 Å². The molecule has 0 spiro atoms. The summed E-state index contributed by atoms with van der Waals surface area (Å²) in [6, 6.07) is -2.04. The average molecular weight is 588 g/mol. The zero-order valence-electron chi connectivity index (χ0n) is 24.4. The molecule has 0 unspecified atom stereocenters. The second kappa shape index (κ2) is 13.7. The molecule has 15 nitrogen and oxygen atoms in total. The predicted molar refractivity (Wildman–Crippen MR) is 148 cm³/mol. The van der Waals surface area contributed by atoms with Gasteiger partial charge in [-0.25, -0.2) is 15.2 Å². The number of nitrogen functional groups attached to an aromatic ring is 1. The summed E-state index contributed by atoms with van der Waals surface area (Å²) in [4.78, 5) is 47.4. The quantitative estimate of drug-likeness (QED) is 0.142. The average Bonchev–Trinajstić information content (AvgIpc) is 3.22. The molecule has 2 atom stereocenters. The highest BCUT2D eigenvalue weighted by molar-refractivity contribution is 7.54. The van der Waals surface area contributed by atoms with E-state index in [0.717, 1.165) is 0 Å². The van der Waals surface area contributed by atoms with Gasteiger partial charge in [0.05, 0.1) is 32.8 Å². The molecule has 2 aromatic heterocycles. The molecule has 0 aliphatic carbocycles. The van der Waals surface area contributed by atoms with E-state index in [1.165, 1.54) is 24.7 Å². The Morgan fingerprint density at radius 1 is 1.02 bits per heavy atom. The third-order valence-corrected chi connectivity index (χ3v) is 6.95. The zero-order valence-corrected chi connectivity index (χ0v) is 25.3. The van der Waals surface area contributed by atoms with E-state index in [1.807, 2.05) is 41.5 Å². The first kappa shape index (κ1) is 33.4. The lowest BCUT2D eigenvalue weighted by atomic mass is 9.99. The van der Waals surface area contributed by atoms with E-state index in [4.69, 9.17) is 24.5 Å². The summed E-state index contributed by atoms with van der Waals surface area (Å²) in [5, 5.41) is 5.27. The SMILES string of the molecule is C[C@H](NP(=O)(N[C@@H](C)C(=O)OCC(C)(C)C)OCCOCn1cnc2c(=O)[nH]c(N)nc21)C(=O)OCC(C)(C)C. The third-order valence-electron chi connectivity index (χ3n) is 4.95. The van der Waals surface area contributed by atoms with Crippen molar-refractivity contribution in [2.24, 2.45) is 10.8 Å². The fourth-order valence-electron chi connectivity index (χ4n) is 3.01. The van der Waals surface area contributed by atoms with Gasteiger partial charge >= 0.3 is 19.6 Å². The van der Waals surface area contributed by atoms with Crippen LogP contribution in [0.15, 0.2) is 11.1 Å². The number of ether oxygens (including phenoxy) is 3. The van der Waals surface area contributed by atoms with E-state index in [0.29, 0.717) is 0 Å². The monoisotopic (exact) mass is 587 g/mol. The van der Waals surface area contributed by atoms with Gasteiger partial charge in [-0.1, -0.05) is 41.5 Å². The minimum absolute atomic E-state index is 0.0442. The van der Waals surface area contributed by atoms with Gasteiger partial charge in [-0.05, 0) is 24.7 Å². The van der Waals surface area contributed by atoms with Crippen LogP contribution in [0.4, 0.5) is 5.95 Å². The number of nitrogens with one attached hydrogen (secondary N) is 3. The Balaban J connectivity index is 2.03. The molecule has 0 saturated heterocycles. The summed E-state index contributed by atoms with van der Waals surface area (Å²) >= 11 is 0. The maximum Gasteiger partial charge on any atom is 0.342 e. The Hall–Kier alpha value is -2.84. The smallest absolute Gasteiger partial charge is 0.342 e. The molecule has 0 aliphatic rings. The number of esters is 2. The van der Waals surface area contributed by atoms with Gasteiger partial charge in [-0.3, -0.25) is 28.5 Å². The lowest BCUT2D eigenvalue weighted by Crippen LogP contribution is -2.43. The molecular weight excluding hydrogens is 545 g/mol. The number of hydrogen-bond donors (Lipinski definition) is 4. The molecule has 0 radical (unpaired) electrons. The number of anilines is 1. The Morgan fingerprint density at radius 3 is 2.05 bits per heavy atom. The van der Waals surface area contributed by atoms with Crippen molar-refractivity contribution in [2.45, 2.75) is 74.2 Å². The van der Waals surface area contributed by atoms with E-state index >= 15 is 0 Å². The third kappa shape index (κ3) is 11.0. The number of H-pyrrole nitrogens is 1. The largest absolute Gasteiger partial charge is 0.464 e. The van der Waals surface area contributed by atoms with Crippen LogP contribution in [0.3, 0.4) is 0 Å². The number of imidazole rings is 1. The summed E-state index contributed by atoms with van der Waals surface area (Å²) in [7, 11) is -4.00. The van der Waals surface area contributed by atoms with Crippen LogP contribution in [0, 0.1) is 10.8 Å². The molecule has 0 saturated carbocycles. The maximum atomic E-state index is 13.7. The van der Waals surface area contributed by atoms with Crippen molar-refractivity contribution in [1.82, 2.24) is 29.7 Å². The highest BCUT2D eigenvalue weighted by atomic mass is 31.2. The van der Waals surface area contributed by atoms with Crippen molar-refractivity contribution in [3.63, 3.8) is 0 Å². The molecule has 226 valence electrons. The number of nitrogens with two attached hydrogens (primary N) is 1. The van der Waals surface area contributed by atoms with Gasteiger partial charge in [0.1, 0.15) is 18.8 Å². The molecule has 5 N–H and O–H groups in total. The molecule has 0 aromatic carbocycles. The Morgan fingerprint density at radius 2 is 1.55 bits per heavy atom. The van der Waals surface area contributed by atoms with Crippen molar-refractivity contribution in [3.05, 3.63) is 16.7 Å². The second-order valence-corrected chi connectivity index (χ2v) is 13.7. The van der Waals surface area contributed by atoms with Crippen molar-refractivity contribution < 1.29 is 32.9 Å². The molecule has 2 aromatic rings. The van der Waals surface area contributed by atoms with E-state index in [2.05, 4.69) is 25.1 Å². The highest BCUT2D eigenvalue weighted by Gasteiger charge is 2.33. The first-order valence-electron chi connectivity index (χ1n) is 12.8. The van der Waals surface area contributed by atoms with Crippen LogP contribution in [0.1, 0.15) is 55.4 Å². The molecule has 0 fully saturated rings. The van der Waals surface area contributed by atoms with Gasteiger partial charge in [-0.2, -0.15) is 4.98 Å². The summed E-state index contributed by atoms with van der Waals surface area (Å²) < 4.78 is 36.9. The van der Waals surface area contributed by atoms with E-state index in [1.54, 1.807) is 0 Å². The molecule has 2 heterocycles. The van der Waals surface area contributed by atoms with Gasteiger partial charge in [0.25, 0.3) is 5.56 Å². The van der Waals surface area contributed by atoms with E-state index < -0.39 is 37.3 Å². The number of carbonyl (C=O) groups is 2. The Labute approximate surface area is 233 Å². The molecule has 0 aliphatic heterocycles. The number of hydrogen-bond acceptors (Lipinski definition) is 11. The second-order valence-electron chi connectivity index (χ2n) is 11.8. The van der Waals surface area contributed by atoms with Gasteiger partial charge in [0, 0.05) is 0 Å². The standard InChI is InChI=1S/C24H42N7O8P/c1-15(20(33)37-11-23(3,4)5)29-40(35,30-16(2)21(34)38-12-24(6,7)8)39-10-9-36-14-31-13-26-17-18(31)27-22(25)28-19(17)32/h13,15-16H,9-12,14H2,1-8H3,(H2,29,30,35)(H3,25,27,28,32)/t15-,16-/m0/s1. The van der Waals surface area contributed by atoms with Gasteiger partial charge in [0.15, 0.2) is 11.2 Å². The van der Waals surface area contributed by atoms with Gasteiger partial charge in [0.2, 0.25) is 5.95 Å². The molecule has 0 bridgehead atoms. The highest BCUT2D eigenvalue weighted by Crippen LogP contribution is 2.39. The molecule has 0 amide bonds. The number of nitrogens with zero attached hydrogens (tertiary/aromatic N) is 3. The fourth-order valence-corrected chi connectivity index (χ4v) is 4.79. The molecule has 40 heavy (non-hydrogen) atoms. The number of aromatic nitrogens is 4. The van der Waals surface area contributed by atoms with Crippen LogP contribution < -0.4 is 21.5 Å². The molecule has 2 rings (SSSR count). The van der Waals surface area contributed by atoms with Gasteiger partial charge in [-0.15, -0.1) is 0 Å².